The lowest BCUT2D eigenvalue weighted by atomic mass is 10.2. The molecule has 19 heavy (non-hydrogen) atoms. The molecule has 2 rings (SSSR count). The second-order valence-corrected chi connectivity index (χ2v) is 5.97. The van der Waals surface area contributed by atoms with Gasteiger partial charge in [-0.15, -0.1) is 0 Å². The van der Waals surface area contributed by atoms with Crippen LogP contribution >= 0.6 is 0 Å². The van der Waals surface area contributed by atoms with Crippen molar-refractivity contribution in [3.05, 3.63) is 36.2 Å². The van der Waals surface area contributed by atoms with Gasteiger partial charge in [0.05, 0.1) is 4.90 Å². The van der Waals surface area contributed by atoms with Gasteiger partial charge in [-0.1, -0.05) is 0 Å². The van der Waals surface area contributed by atoms with Crippen LogP contribution in [0.4, 0.5) is 11.6 Å². The summed E-state index contributed by atoms with van der Waals surface area (Å²) < 4.78 is 22.9. The molecule has 7 nitrogen and oxygen atoms in total. The summed E-state index contributed by atoms with van der Waals surface area (Å²) in [4.78, 5) is 18.5. The van der Waals surface area contributed by atoms with Crippen LogP contribution in [0.2, 0.25) is 0 Å². The van der Waals surface area contributed by atoms with Crippen LogP contribution in [0.1, 0.15) is 10.4 Å². The molecule has 0 aliphatic heterocycles. The van der Waals surface area contributed by atoms with Crippen LogP contribution in [-0.2, 0) is 9.84 Å². The summed E-state index contributed by atoms with van der Waals surface area (Å²) in [6, 6.07) is 3.97. The monoisotopic (exact) mass is 280 g/mol. The van der Waals surface area contributed by atoms with E-state index in [9.17, 15) is 13.2 Å². The first-order chi connectivity index (χ1) is 8.86. The van der Waals surface area contributed by atoms with Crippen molar-refractivity contribution in [2.24, 2.45) is 0 Å². The Morgan fingerprint density at radius 1 is 1.37 bits per heavy atom. The van der Waals surface area contributed by atoms with E-state index in [-0.39, 0.29) is 22.1 Å². The van der Waals surface area contributed by atoms with Gasteiger partial charge in [-0.25, -0.2) is 13.4 Å². The van der Waals surface area contributed by atoms with Crippen molar-refractivity contribution >= 4 is 27.4 Å². The van der Waals surface area contributed by atoms with E-state index in [2.05, 4.69) is 15.3 Å². The normalized spacial score (nSPS) is 11.2. The van der Waals surface area contributed by atoms with Crippen molar-refractivity contribution in [3.8, 4) is 0 Å². The van der Waals surface area contributed by atoms with Gasteiger partial charge < -0.3 is 10.7 Å². The summed E-state index contributed by atoms with van der Waals surface area (Å²) in [6.45, 7) is 0. The third-order valence-electron chi connectivity index (χ3n) is 2.35. The summed E-state index contributed by atoms with van der Waals surface area (Å²) in [5.74, 6) is -0.222. The standard InChI is InChI=1S/C11H12N4O3S/c1-19(17,18)9-5-7(4-8(12)6-9)10(16)15-11-13-2-3-14-11/h2-6H,12H2,1H3,(H2,13,14,15,16). The topological polar surface area (TPSA) is 118 Å². The molecule has 100 valence electrons. The maximum absolute atomic E-state index is 11.9. The van der Waals surface area contributed by atoms with Crippen LogP contribution in [0.5, 0.6) is 0 Å². The van der Waals surface area contributed by atoms with Crippen molar-refractivity contribution in [2.45, 2.75) is 4.90 Å². The van der Waals surface area contributed by atoms with Gasteiger partial charge in [0.15, 0.2) is 9.84 Å². The summed E-state index contributed by atoms with van der Waals surface area (Å²) in [5.41, 5.74) is 5.95. The molecule has 0 bridgehead atoms. The number of nitrogens with two attached hydrogens (primary N) is 1. The number of carbonyl (C=O) groups is 1. The fourth-order valence-electron chi connectivity index (χ4n) is 1.48. The fourth-order valence-corrected chi connectivity index (χ4v) is 2.17. The molecule has 0 radical (unpaired) electrons. The predicted octanol–water partition coefficient (Wildman–Crippen LogP) is 0.648. The van der Waals surface area contributed by atoms with Gasteiger partial charge in [-0.2, -0.15) is 0 Å². The van der Waals surface area contributed by atoms with Crippen LogP contribution < -0.4 is 11.1 Å². The Hall–Kier alpha value is -2.35. The average Bonchev–Trinajstić information content (AvgIpc) is 2.79. The third kappa shape index (κ3) is 3.10. The third-order valence-corrected chi connectivity index (χ3v) is 3.44. The van der Waals surface area contributed by atoms with E-state index in [1.165, 1.54) is 24.4 Å². The SMILES string of the molecule is CS(=O)(=O)c1cc(N)cc(C(=O)Nc2ncc[nH]2)c1. The van der Waals surface area contributed by atoms with Crippen molar-refractivity contribution in [2.75, 3.05) is 17.3 Å². The van der Waals surface area contributed by atoms with E-state index in [1.54, 1.807) is 6.20 Å². The molecule has 0 saturated heterocycles. The number of amides is 1. The molecule has 2 aromatic rings. The van der Waals surface area contributed by atoms with Gasteiger partial charge in [0.1, 0.15) is 0 Å². The number of hydrogen-bond donors (Lipinski definition) is 3. The number of aromatic amines is 1. The Morgan fingerprint density at radius 2 is 2.11 bits per heavy atom. The zero-order valence-electron chi connectivity index (χ0n) is 10.0. The fraction of sp³-hybridized carbons (Fsp3) is 0.0909. The molecule has 0 atom stereocenters. The summed E-state index contributed by atoms with van der Waals surface area (Å²) >= 11 is 0. The maximum Gasteiger partial charge on any atom is 0.258 e. The van der Waals surface area contributed by atoms with E-state index in [0.29, 0.717) is 0 Å². The van der Waals surface area contributed by atoms with E-state index in [4.69, 9.17) is 5.73 Å². The highest BCUT2D eigenvalue weighted by Crippen LogP contribution is 2.17. The second-order valence-electron chi connectivity index (χ2n) is 3.95. The highest BCUT2D eigenvalue weighted by molar-refractivity contribution is 7.90. The number of anilines is 2. The molecule has 0 unspecified atom stereocenters. The summed E-state index contributed by atoms with van der Waals surface area (Å²) in [7, 11) is -3.43. The minimum Gasteiger partial charge on any atom is -0.399 e. The van der Waals surface area contributed by atoms with E-state index < -0.39 is 15.7 Å². The highest BCUT2D eigenvalue weighted by atomic mass is 32.2. The van der Waals surface area contributed by atoms with Crippen LogP contribution in [0.3, 0.4) is 0 Å². The van der Waals surface area contributed by atoms with Crippen LogP contribution in [0.25, 0.3) is 0 Å². The number of H-pyrrole nitrogens is 1. The van der Waals surface area contributed by atoms with Gasteiger partial charge in [0, 0.05) is 29.9 Å². The van der Waals surface area contributed by atoms with Gasteiger partial charge in [-0.05, 0) is 18.2 Å². The summed E-state index contributed by atoms with van der Waals surface area (Å²) in [6.07, 6.45) is 4.09. The summed E-state index contributed by atoms with van der Waals surface area (Å²) in [5, 5.41) is 2.49. The van der Waals surface area contributed by atoms with Crippen LogP contribution in [-0.4, -0.2) is 30.5 Å². The van der Waals surface area contributed by atoms with Gasteiger partial charge in [0.25, 0.3) is 5.91 Å². The Balaban J connectivity index is 2.35. The Labute approximate surface area is 109 Å². The van der Waals surface area contributed by atoms with Crippen molar-refractivity contribution < 1.29 is 13.2 Å². The first-order valence-electron chi connectivity index (χ1n) is 5.27. The molecule has 0 saturated carbocycles. The lowest BCUT2D eigenvalue weighted by Gasteiger charge is -2.06. The molecule has 0 spiro atoms. The number of imidazole rings is 1. The van der Waals surface area contributed by atoms with Crippen LogP contribution in [0, 0.1) is 0 Å². The number of sulfone groups is 1. The lowest BCUT2D eigenvalue weighted by molar-refractivity contribution is 0.102. The Kier molecular flexibility index (Phi) is 3.26. The van der Waals surface area contributed by atoms with Crippen molar-refractivity contribution in [3.63, 3.8) is 0 Å². The largest absolute Gasteiger partial charge is 0.399 e. The molecule has 0 aliphatic carbocycles. The molecular formula is C11H12N4O3S. The number of nitrogen functional groups attached to an aromatic ring is 1. The number of hydrogen-bond acceptors (Lipinski definition) is 5. The predicted molar refractivity (Wildman–Crippen MR) is 70.5 cm³/mol. The molecule has 1 heterocycles. The molecule has 8 heteroatoms. The minimum absolute atomic E-state index is 0.00269. The number of nitrogens with zero attached hydrogens (tertiary/aromatic N) is 1. The number of rotatable bonds is 3. The Bertz CT molecular complexity index is 708. The first-order valence-corrected chi connectivity index (χ1v) is 7.17. The number of nitrogens with one attached hydrogen (secondary N) is 2. The van der Waals surface area contributed by atoms with Crippen LogP contribution in [0.15, 0.2) is 35.5 Å². The molecule has 0 fully saturated rings. The number of carbonyl (C=O) groups excluding carboxylic acids is 1. The minimum atomic E-state index is -3.43. The molecule has 4 N–H and O–H groups in total. The molecule has 1 aromatic heterocycles. The second kappa shape index (κ2) is 4.73. The quantitative estimate of drug-likeness (QED) is 0.713. The zero-order valence-corrected chi connectivity index (χ0v) is 10.9. The van der Waals surface area contributed by atoms with E-state index in [1.807, 2.05) is 0 Å². The lowest BCUT2D eigenvalue weighted by Crippen LogP contribution is -2.14. The van der Waals surface area contributed by atoms with Gasteiger partial charge >= 0.3 is 0 Å². The molecule has 1 amide bonds. The first kappa shape index (κ1) is 13.1. The van der Waals surface area contributed by atoms with Gasteiger partial charge in [-0.3, -0.25) is 10.1 Å². The van der Waals surface area contributed by atoms with Crippen molar-refractivity contribution in [1.29, 1.82) is 0 Å². The zero-order chi connectivity index (χ0) is 14.0. The van der Waals surface area contributed by atoms with Gasteiger partial charge in [0.2, 0.25) is 5.95 Å². The van der Waals surface area contributed by atoms with Crippen molar-refractivity contribution in [1.82, 2.24) is 9.97 Å². The maximum atomic E-state index is 11.9. The van der Waals surface area contributed by atoms with E-state index >= 15 is 0 Å². The molecular weight excluding hydrogens is 268 g/mol. The Morgan fingerprint density at radius 3 is 2.68 bits per heavy atom. The molecule has 0 aliphatic rings. The highest BCUT2D eigenvalue weighted by Gasteiger charge is 2.14. The number of aromatic nitrogens is 2. The molecule has 1 aromatic carbocycles. The average molecular weight is 280 g/mol. The van der Waals surface area contributed by atoms with E-state index in [0.717, 1.165) is 6.26 Å². The number of benzene rings is 1. The smallest absolute Gasteiger partial charge is 0.258 e.